The SMILES string of the molecule is CCC(C)n1ncc2c(C(=O)N3CCSCC3CC(=O)O)cc(C)nc21. The van der Waals surface area contributed by atoms with Crippen molar-refractivity contribution < 1.29 is 14.7 Å². The van der Waals surface area contributed by atoms with Gasteiger partial charge in [-0.15, -0.1) is 0 Å². The van der Waals surface area contributed by atoms with Crippen molar-refractivity contribution in [2.24, 2.45) is 0 Å². The minimum Gasteiger partial charge on any atom is -0.481 e. The molecular formula is C18H24N4O3S. The van der Waals surface area contributed by atoms with Gasteiger partial charge in [0.25, 0.3) is 5.91 Å². The molecular weight excluding hydrogens is 352 g/mol. The number of fused-ring (bicyclic) bond motifs is 1. The van der Waals surface area contributed by atoms with Gasteiger partial charge in [0.15, 0.2) is 5.65 Å². The van der Waals surface area contributed by atoms with Crippen LogP contribution in [0.15, 0.2) is 12.3 Å². The van der Waals surface area contributed by atoms with E-state index in [0.29, 0.717) is 23.5 Å². The van der Waals surface area contributed by atoms with Crippen molar-refractivity contribution >= 4 is 34.7 Å². The van der Waals surface area contributed by atoms with Gasteiger partial charge in [-0.25, -0.2) is 9.67 Å². The van der Waals surface area contributed by atoms with E-state index in [4.69, 9.17) is 0 Å². The van der Waals surface area contributed by atoms with Crippen LogP contribution < -0.4 is 0 Å². The fraction of sp³-hybridized carbons (Fsp3) is 0.556. The molecule has 0 radical (unpaired) electrons. The predicted octanol–water partition coefficient (Wildman–Crippen LogP) is 2.74. The van der Waals surface area contributed by atoms with Gasteiger partial charge in [-0.3, -0.25) is 9.59 Å². The first kappa shape index (κ1) is 18.7. The smallest absolute Gasteiger partial charge is 0.305 e. The molecule has 26 heavy (non-hydrogen) atoms. The van der Waals surface area contributed by atoms with Crippen LogP contribution in [0.1, 0.15) is 48.8 Å². The summed E-state index contributed by atoms with van der Waals surface area (Å²) in [6.45, 7) is 6.58. The number of hydrogen-bond donors (Lipinski definition) is 1. The first-order valence-corrected chi connectivity index (χ1v) is 10.0. The number of carboxylic acid groups (broad SMARTS) is 1. The number of aliphatic carboxylic acids is 1. The molecule has 8 heteroatoms. The van der Waals surface area contributed by atoms with Crippen molar-refractivity contribution in [3.05, 3.63) is 23.5 Å². The third kappa shape index (κ3) is 3.56. The van der Waals surface area contributed by atoms with Gasteiger partial charge in [0.1, 0.15) is 0 Å². The monoisotopic (exact) mass is 376 g/mol. The van der Waals surface area contributed by atoms with E-state index >= 15 is 0 Å². The molecule has 2 atom stereocenters. The van der Waals surface area contributed by atoms with Gasteiger partial charge < -0.3 is 10.0 Å². The van der Waals surface area contributed by atoms with Gasteiger partial charge >= 0.3 is 5.97 Å². The molecule has 0 spiro atoms. The highest BCUT2D eigenvalue weighted by atomic mass is 32.2. The zero-order valence-corrected chi connectivity index (χ0v) is 16.1. The molecule has 1 aliphatic rings. The number of nitrogens with zero attached hydrogens (tertiary/aromatic N) is 4. The molecule has 1 saturated heterocycles. The summed E-state index contributed by atoms with van der Waals surface area (Å²) < 4.78 is 1.86. The molecule has 2 aromatic rings. The van der Waals surface area contributed by atoms with Gasteiger partial charge in [0, 0.05) is 23.7 Å². The normalized spacial score (nSPS) is 18.9. The number of carbonyl (C=O) groups excluding carboxylic acids is 1. The summed E-state index contributed by atoms with van der Waals surface area (Å²) in [6.07, 6.45) is 2.59. The summed E-state index contributed by atoms with van der Waals surface area (Å²) in [4.78, 5) is 30.7. The number of hydrogen-bond acceptors (Lipinski definition) is 5. The van der Waals surface area contributed by atoms with Crippen molar-refractivity contribution in [1.29, 1.82) is 0 Å². The Kier molecular flexibility index (Phi) is 5.50. The zero-order chi connectivity index (χ0) is 18.8. The molecule has 1 N–H and O–H groups in total. The predicted molar refractivity (Wildman–Crippen MR) is 102 cm³/mol. The first-order chi connectivity index (χ1) is 12.4. The molecule has 7 nitrogen and oxygen atoms in total. The van der Waals surface area contributed by atoms with Crippen LogP contribution in [-0.2, 0) is 4.79 Å². The lowest BCUT2D eigenvalue weighted by Crippen LogP contribution is -2.47. The molecule has 1 aliphatic heterocycles. The van der Waals surface area contributed by atoms with E-state index in [9.17, 15) is 14.7 Å². The molecule has 0 aliphatic carbocycles. The Bertz CT molecular complexity index is 835. The van der Waals surface area contributed by atoms with Crippen LogP contribution in [0.25, 0.3) is 11.0 Å². The number of carboxylic acids is 1. The van der Waals surface area contributed by atoms with Crippen LogP contribution in [0.3, 0.4) is 0 Å². The molecule has 0 bridgehead atoms. The van der Waals surface area contributed by atoms with Crippen LogP contribution in [-0.4, -0.2) is 60.7 Å². The van der Waals surface area contributed by atoms with Crippen molar-refractivity contribution in [2.45, 2.75) is 45.7 Å². The first-order valence-electron chi connectivity index (χ1n) is 8.87. The number of pyridine rings is 1. The maximum absolute atomic E-state index is 13.3. The summed E-state index contributed by atoms with van der Waals surface area (Å²) in [6, 6.07) is 1.69. The van der Waals surface area contributed by atoms with E-state index in [-0.39, 0.29) is 24.4 Å². The number of carbonyl (C=O) groups is 2. The highest BCUT2D eigenvalue weighted by molar-refractivity contribution is 7.99. The van der Waals surface area contributed by atoms with Crippen molar-refractivity contribution in [3.63, 3.8) is 0 Å². The van der Waals surface area contributed by atoms with Crippen molar-refractivity contribution in [1.82, 2.24) is 19.7 Å². The van der Waals surface area contributed by atoms with E-state index in [1.54, 1.807) is 28.9 Å². The van der Waals surface area contributed by atoms with Gasteiger partial charge in [-0.05, 0) is 26.3 Å². The minimum absolute atomic E-state index is 0.0297. The summed E-state index contributed by atoms with van der Waals surface area (Å²) in [5.74, 6) is 0.463. The van der Waals surface area contributed by atoms with Crippen LogP contribution in [0.4, 0.5) is 0 Å². The van der Waals surface area contributed by atoms with Crippen LogP contribution in [0.5, 0.6) is 0 Å². The lowest BCUT2D eigenvalue weighted by Gasteiger charge is -2.34. The number of rotatable bonds is 5. The highest BCUT2D eigenvalue weighted by Gasteiger charge is 2.31. The van der Waals surface area contributed by atoms with Gasteiger partial charge in [-0.2, -0.15) is 16.9 Å². The minimum atomic E-state index is -0.879. The summed E-state index contributed by atoms with van der Waals surface area (Å²) in [7, 11) is 0. The largest absolute Gasteiger partial charge is 0.481 e. The standard InChI is InChI=1S/C18H24N4O3S/c1-4-12(3)22-17-15(9-19-22)14(7-11(2)20-17)18(25)21-5-6-26-10-13(21)8-16(23)24/h7,9,12-13H,4-6,8,10H2,1-3H3,(H,23,24). The Hall–Kier alpha value is -2.09. The maximum atomic E-state index is 13.3. The summed E-state index contributed by atoms with van der Waals surface area (Å²) in [5.41, 5.74) is 2.03. The average Bonchev–Trinajstić information content (AvgIpc) is 3.03. The summed E-state index contributed by atoms with van der Waals surface area (Å²) >= 11 is 1.69. The van der Waals surface area contributed by atoms with Crippen molar-refractivity contribution in [3.8, 4) is 0 Å². The Morgan fingerprint density at radius 2 is 2.23 bits per heavy atom. The molecule has 0 aromatic carbocycles. The van der Waals surface area contributed by atoms with E-state index in [1.807, 2.05) is 11.6 Å². The van der Waals surface area contributed by atoms with Crippen LogP contribution in [0, 0.1) is 6.92 Å². The Balaban J connectivity index is 2.02. The molecule has 0 saturated carbocycles. The topological polar surface area (TPSA) is 88.3 Å². The number of aromatic nitrogens is 3. The van der Waals surface area contributed by atoms with Gasteiger partial charge in [-0.1, -0.05) is 6.92 Å². The highest BCUT2D eigenvalue weighted by Crippen LogP contribution is 2.26. The fourth-order valence-corrected chi connectivity index (χ4v) is 4.33. The Morgan fingerprint density at radius 1 is 1.46 bits per heavy atom. The molecule has 3 rings (SSSR count). The molecule has 140 valence electrons. The number of aryl methyl sites for hydroxylation is 1. The lowest BCUT2D eigenvalue weighted by molar-refractivity contribution is -0.138. The lowest BCUT2D eigenvalue weighted by atomic mass is 10.1. The number of amides is 1. The molecule has 1 fully saturated rings. The number of thioether (sulfide) groups is 1. The average molecular weight is 376 g/mol. The maximum Gasteiger partial charge on any atom is 0.305 e. The third-order valence-corrected chi connectivity index (χ3v) is 5.92. The van der Waals surface area contributed by atoms with Crippen LogP contribution in [0.2, 0.25) is 0 Å². The second-order valence-corrected chi connectivity index (χ2v) is 7.87. The van der Waals surface area contributed by atoms with Gasteiger partial charge in [0.2, 0.25) is 0 Å². The van der Waals surface area contributed by atoms with E-state index in [2.05, 4.69) is 23.9 Å². The quantitative estimate of drug-likeness (QED) is 0.863. The zero-order valence-electron chi connectivity index (χ0n) is 15.3. The summed E-state index contributed by atoms with van der Waals surface area (Å²) in [5, 5.41) is 14.4. The fourth-order valence-electron chi connectivity index (χ4n) is 3.26. The third-order valence-electron chi connectivity index (χ3n) is 4.83. The van der Waals surface area contributed by atoms with E-state index in [0.717, 1.165) is 23.3 Å². The molecule has 2 aromatic heterocycles. The Morgan fingerprint density at radius 3 is 2.92 bits per heavy atom. The van der Waals surface area contributed by atoms with Gasteiger partial charge in [0.05, 0.1) is 35.7 Å². The second kappa shape index (κ2) is 7.65. The second-order valence-electron chi connectivity index (χ2n) is 6.72. The Labute approximate surface area is 156 Å². The molecule has 3 heterocycles. The van der Waals surface area contributed by atoms with Crippen molar-refractivity contribution in [2.75, 3.05) is 18.1 Å². The molecule has 1 amide bonds. The van der Waals surface area contributed by atoms with Crippen LogP contribution >= 0.6 is 11.8 Å². The van der Waals surface area contributed by atoms with E-state index in [1.165, 1.54) is 0 Å². The van der Waals surface area contributed by atoms with E-state index < -0.39 is 5.97 Å². The molecule has 2 unspecified atom stereocenters.